The number of para-hydroxylation sites is 1. The van der Waals surface area contributed by atoms with Crippen LogP contribution in [0.15, 0.2) is 59.0 Å². The number of ether oxygens (including phenoxy) is 1. The molecule has 1 N–H and O–H groups in total. The molecule has 0 aliphatic carbocycles. The number of hydrogen-bond donors (Lipinski definition) is 1. The summed E-state index contributed by atoms with van der Waals surface area (Å²) in [5, 5.41) is 4.49. The number of rotatable bonds is 6. The van der Waals surface area contributed by atoms with E-state index in [-0.39, 0.29) is 0 Å². The maximum absolute atomic E-state index is 5.85. The minimum atomic E-state index is 0.727. The van der Waals surface area contributed by atoms with Crippen LogP contribution in [0.25, 0.3) is 11.0 Å². The second-order valence-electron chi connectivity index (χ2n) is 5.00. The lowest BCUT2D eigenvalue weighted by atomic mass is 10.1. The Hall–Kier alpha value is -2.26. The molecule has 0 bridgehead atoms. The minimum absolute atomic E-state index is 0.727. The molecule has 3 aromatic rings. The Kier molecular flexibility index (Phi) is 4.22. The highest BCUT2D eigenvalue weighted by molar-refractivity contribution is 5.83. The molecule has 0 spiro atoms. The molecule has 0 fully saturated rings. The standard InChI is InChI=1S/C18H19NO2/c1-20-17-9-5-8-15-12-16(21-18(15)17)13-19-11-10-14-6-3-2-4-7-14/h2-9,12,19H,10-11,13H2,1H3. The van der Waals surface area contributed by atoms with E-state index >= 15 is 0 Å². The Balaban J connectivity index is 1.58. The Morgan fingerprint density at radius 2 is 1.90 bits per heavy atom. The Morgan fingerprint density at radius 3 is 2.71 bits per heavy atom. The van der Waals surface area contributed by atoms with Gasteiger partial charge in [0.15, 0.2) is 11.3 Å². The van der Waals surface area contributed by atoms with Gasteiger partial charge in [0, 0.05) is 5.39 Å². The van der Waals surface area contributed by atoms with Crippen molar-refractivity contribution in [3.63, 3.8) is 0 Å². The van der Waals surface area contributed by atoms with Gasteiger partial charge in [-0.05, 0) is 30.7 Å². The van der Waals surface area contributed by atoms with Crippen molar-refractivity contribution in [2.75, 3.05) is 13.7 Å². The first-order chi connectivity index (χ1) is 10.4. The number of furan rings is 1. The zero-order valence-corrected chi connectivity index (χ0v) is 12.1. The molecular weight excluding hydrogens is 262 g/mol. The molecular formula is C18H19NO2. The summed E-state index contributed by atoms with van der Waals surface area (Å²) < 4.78 is 11.2. The van der Waals surface area contributed by atoms with Crippen LogP contribution in [-0.4, -0.2) is 13.7 Å². The summed E-state index contributed by atoms with van der Waals surface area (Å²) in [5.74, 6) is 1.71. The van der Waals surface area contributed by atoms with Crippen LogP contribution in [-0.2, 0) is 13.0 Å². The van der Waals surface area contributed by atoms with Gasteiger partial charge < -0.3 is 14.5 Å². The van der Waals surface area contributed by atoms with Gasteiger partial charge in [-0.25, -0.2) is 0 Å². The van der Waals surface area contributed by atoms with Crippen LogP contribution in [0.2, 0.25) is 0 Å². The van der Waals surface area contributed by atoms with E-state index in [1.165, 1.54) is 5.56 Å². The Labute approximate surface area is 124 Å². The molecule has 0 amide bonds. The van der Waals surface area contributed by atoms with E-state index in [0.717, 1.165) is 42.0 Å². The smallest absolute Gasteiger partial charge is 0.176 e. The average Bonchev–Trinajstić information content (AvgIpc) is 2.95. The molecule has 0 saturated heterocycles. The summed E-state index contributed by atoms with van der Waals surface area (Å²) in [5.41, 5.74) is 2.16. The van der Waals surface area contributed by atoms with Crippen LogP contribution in [0.1, 0.15) is 11.3 Å². The second-order valence-corrected chi connectivity index (χ2v) is 5.00. The predicted octanol–water partition coefficient (Wildman–Crippen LogP) is 3.77. The van der Waals surface area contributed by atoms with Crippen molar-refractivity contribution >= 4 is 11.0 Å². The van der Waals surface area contributed by atoms with Gasteiger partial charge in [-0.2, -0.15) is 0 Å². The second kappa shape index (κ2) is 6.46. The van der Waals surface area contributed by atoms with Crippen LogP contribution < -0.4 is 10.1 Å². The van der Waals surface area contributed by atoms with Crippen LogP contribution in [0.5, 0.6) is 5.75 Å². The Morgan fingerprint density at radius 1 is 1.05 bits per heavy atom. The van der Waals surface area contributed by atoms with Crippen LogP contribution >= 0.6 is 0 Å². The van der Waals surface area contributed by atoms with Gasteiger partial charge in [0.25, 0.3) is 0 Å². The van der Waals surface area contributed by atoms with E-state index in [0.29, 0.717) is 0 Å². The third kappa shape index (κ3) is 3.26. The number of methoxy groups -OCH3 is 1. The molecule has 0 aliphatic rings. The number of hydrogen-bond acceptors (Lipinski definition) is 3. The van der Waals surface area contributed by atoms with Gasteiger partial charge in [0.1, 0.15) is 5.76 Å². The average molecular weight is 281 g/mol. The van der Waals surface area contributed by atoms with Gasteiger partial charge in [0.2, 0.25) is 0 Å². The number of nitrogens with one attached hydrogen (secondary N) is 1. The highest BCUT2D eigenvalue weighted by atomic mass is 16.5. The maximum Gasteiger partial charge on any atom is 0.176 e. The van der Waals surface area contributed by atoms with Crippen molar-refractivity contribution in [3.8, 4) is 5.75 Å². The van der Waals surface area contributed by atoms with Gasteiger partial charge >= 0.3 is 0 Å². The molecule has 0 atom stereocenters. The monoisotopic (exact) mass is 281 g/mol. The Bertz CT molecular complexity index is 704. The molecule has 108 valence electrons. The lowest BCUT2D eigenvalue weighted by Crippen LogP contribution is -2.16. The molecule has 2 aromatic carbocycles. The van der Waals surface area contributed by atoms with Crippen molar-refractivity contribution in [2.45, 2.75) is 13.0 Å². The molecule has 0 saturated carbocycles. The summed E-state index contributed by atoms with van der Waals surface area (Å²) in [6.45, 7) is 1.66. The SMILES string of the molecule is COc1cccc2cc(CNCCc3ccccc3)oc12. The summed E-state index contributed by atoms with van der Waals surface area (Å²) >= 11 is 0. The molecule has 3 rings (SSSR count). The van der Waals surface area contributed by atoms with Crippen molar-refractivity contribution in [3.05, 3.63) is 65.9 Å². The molecule has 0 unspecified atom stereocenters. The van der Waals surface area contributed by atoms with E-state index in [1.807, 2.05) is 24.3 Å². The minimum Gasteiger partial charge on any atom is -0.493 e. The quantitative estimate of drug-likeness (QED) is 0.698. The first kappa shape index (κ1) is 13.7. The maximum atomic E-state index is 5.85. The van der Waals surface area contributed by atoms with Gasteiger partial charge in [-0.1, -0.05) is 42.5 Å². The predicted molar refractivity (Wildman–Crippen MR) is 84.6 cm³/mol. The van der Waals surface area contributed by atoms with Crippen molar-refractivity contribution < 1.29 is 9.15 Å². The highest BCUT2D eigenvalue weighted by Gasteiger charge is 2.07. The van der Waals surface area contributed by atoms with Crippen LogP contribution in [0.4, 0.5) is 0 Å². The molecule has 1 aromatic heterocycles. The van der Waals surface area contributed by atoms with Crippen LogP contribution in [0, 0.1) is 0 Å². The molecule has 0 aliphatic heterocycles. The molecule has 3 nitrogen and oxygen atoms in total. The topological polar surface area (TPSA) is 34.4 Å². The largest absolute Gasteiger partial charge is 0.493 e. The first-order valence-electron chi connectivity index (χ1n) is 7.17. The zero-order chi connectivity index (χ0) is 14.5. The lowest BCUT2D eigenvalue weighted by Gasteiger charge is -2.03. The van der Waals surface area contributed by atoms with E-state index in [1.54, 1.807) is 7.11 Å². The molecule has 1 heterocycles. The molecule has 0 radical (unpaired) electrons. The molecule has 3 heteroatoms. The third-order valence-corrected chi connectivity index (χ3v) is 3.51. The van der Waals surface area contributed by atoms with Crippen LogP contribution in [0.3, 0.4) is 0 Å². The summed E-state index contributed by atoms with van der Waals surface area (Å²) in [6, 6.07) is 18.5. The zero-order valence-electron chi connectivity index (χ0n) is 12.1. The van der Waals surface area contributed by atoms with E-state index in [9.17, 15) is 0 Å². The third-order valence-electron chi connectivity index (χ3n) is 3.51. The van der Waals surface area contributed by atoms with Gasteiger partial charge in [0.05, 0.1) is 13.7 Å². The lowest BCUT2D eigenvalue weighted by molar-refractivity contribution is 0.406. The van der Waals surface area contributed by atoms with E-state index in [2.05, 4.69) is 35.6 Å². The fourth-order valence-corrected chi connectivity index (χ4v) is 2.43. The van der Waals surface area contributed by atoms with E-state index in [4.69, 9.17) is 9.15 Å². The summed E-state index contributed by atoms with van der Waals surface area (Å²) in [4.78, 5) is 0. The fourth-order valence-electron chi connectivity index (χ4n) is 2.43. The highest BCUT2D eigenvalue weighted by Crippen LogP contribution is 2.28. The fraction of sp³-hybridized carbons (Fsp3) is 0.222. The molecule has 21 heavy (non-hydrogen) atoms. The number of fused-ring (bicyclic) bond motifs is 1. The van der Waals surface area contributed by atoms with Crippen molar-refractivity contribution in [1.82, 2.24) is 5.32 Å². The van der Waals surface area contributed by atoms with Gasteiger partial charge in [-0.3, -0.25) is 0 Å². The number of benzene rings is 2. The normalized spacial score (nSPS) is 10.9. The summed E-state index contributed by atoms with van der Waals surface area (Å²) in [6.07, 6.45) is 1.02. The first-order valence-corrected chi connectivity index (χ1v) is 7.17. The van der Waals surface area contributed by atoms with Gasteiger partial charge in [-0.15, -0.1) is 0 Å². The summed E-state index contributed by atoms with van der Waals surface area (Å²) in [7, 11) is 1.66. The van der Waals surface area contributed by atoms with E-state index < -0.39 is 0 Å². The van der Waals surface area contributed by atoms with Crippen molar-refractivity contribution in [2.24, 2.45) is 0 Å². The van der Waals surface area contributed by atoms with Crippen molar-refractivity contribution in [1.29, 1.82) is 0 Å².